The van der Waals surface area contributed by atoms with Gasteiger partial charge < -0.3 is 10.6 Å². The average Bonchev–Trinajstić information content (AvgIpc) is 2.54. The van der Waals surface area contributed by atoms with Crippen molar-refractivity contribution in [3.05, 3.63) is 39.9 Å². The van der Waals surface area contributed by atoms with E-state index in [1.165, 1.54) is 12.1 Å². The van der Waals surface area contributed by atoms with Gasteiger partial charge in [0.15, 0.2) is 0 Å². The van der Waals surface area contributed by atoms with Crippen molar-refractivity contribution in [2.75, 3.05) is 13.1 Å². The molecule has 1 saturated heterocycles. The van der Waals surface area contributed by atoms with Gasteiger partial charge in [0.2, 0.25) is 5.91 Å². The third-order valence-corrected chi connectivity index (χ3v) is 4.42. The molecular weight excluding hydrogens is 282 g/mol. The number of hydrogen-bond acceptors (Lipinski definition) is 4. The van der Waals surface area contributed by atoms with Gasteiger partial charge in [-0.3, -0.25) is 14.9 Å². The second-order valence-corrected chi connectivity index (χ2v) is 5.91. The second kappa shape index (κ2) is 7.35. The smallest absolute Gasteiger partial charge is 0.269 e. The van der Waals surface area contributed by atoms with E-state index in [1.54, 1.807) is 12.1 Å². The van der Waals surface area contributed by atoms with Gasteiger partial charge in [0.1, 0.15) is 0 Å². The van der Waals surface area contributed by atoms with E-state index in [9.17, 15) is 14.9 Å². The lowest BCUT2D eigenvalue weighted by Gasteiger charge is -2.33. The van der Waals surface area contributed by atoms with Gasteiger partial charge in [0.25, 0.3) is 5.69 Å². The summed E-state index contributed by atoms with van der Waals surface area (Å²) in [5.74, 6) is 0.697. The molecule has 1 amide bonds. The zero-order valence-electron chi connectivity index (χ0n) is 12.9. The Balaban J connectivity index is 1.89. The number of benzene rings is 1. The van der Waals surface area contributed by atoms with Crippen LogP contribution in [0.2, 0.25) is 0 Å². The van der Waals surface area contributed by atoms with E-state index in [4.69, 9.17) is 5.73 Å². The molecule has 0 unspecified atom stereocenters. The molecule has 22 heavy (non-hydrogen) atoms. The second-order valence-electron chi connectivity index (χ2n) is 5.91. The molecule has 0 aliphatic carbocycles. The van der Waals surface area contributed by atoms with Crippen molar-refractivity contribution < 1.29 is 9.72 Å². The Hall–Kier alpha value is -1.95. The molecule has 6 heteroatoms. The molecule has 1 aliphatic heterocycles. The van der Waals surface area contributed by atoms with Gasteiger partial charge in [-0.05, 0) is 30.7 Å². The average molecular weight is 305 g/mol. The van der Waals surface area contributed by atoms with Crippen LogP contribution < -0.4 is 5.73 Å². The number of non-ortho nitro benzene ring substituents is 1. The minimum atomic E-state index is -0.584. The molecule has 0 saturated carbocycles. The normalized spacial score (nSPS) is 17.3. The molecule has 0 radical (unpaired) electrons. The SMILES string of the molecule is CCC1CCN(C(=O)[C@@H](N)Cc2ccc([N+](=O)[O-])cc2)CC1. The number of nitro benzene ring substituents is 1. The zero-order chi connectivity index (χ0) is 16.1. The molecule has 1 aromatic rings. The van der Waals surface area contributed by atoms with Gasteiger partial charge in [0.05, 0.1) is 11.0 Å². The third kappa shape index (κ3) is 4.04. The number of hydrogen-bond donors (Lipinski definition) is 1. The molecule has 1 atom stereocenters. The fourth-order valence-electron chi connectivity index (χ4n) is 2.89. The molecule has 1 heterocycles. The molecule has 0 bridgehead atoms. The molecule has 1 aliphatic rings. The summed E-state index contributed by atoms with van der Waals surface area (Å²) in [4.78, 5) is 24.4. The van der Waals surface area contributed by atoms with Crippen LogP contribution >= 0.6 is 0 Å². The fraction of sp³-hybridized carbons (Fsp3) is 0.562. The van der Waals surface area contributed by atoms with E-state index in [2.05, 4.69) is 6.92 Å². The quantitative estimate of drug-likeness (QED) is 0.666. The monoisotopic (exact) mass is 305 g/mol. The third-order valence-electron chi connectivity index (χ3n) is 4.42. The van der Waals surface area contributed by atoms with Gasteiger partial charge in [-0.15, -0.1) is 0 Å². The topological polar surface area (TPSA) is 89.5 Å². The predicted molar refractivity (Wildman–Crippen MR) is 84.4 cm³/mol. The van der Waals surface area contributed by atoms with E-state index in [1.807, 2.05) is 4.90 Å². The van der Waals surface area contributed by atoms with Crippen molar-refractivity contribution in [1.82, 2.24) is 4.90 Å². The molecule has 120 valence electrons. The summed E-state index contributed by atoms with van der Waals surface area (Å²) < 4.78 is 0. The maximum absolute atomic E-state index is 12.4. The summed E-state index contributed by atoms with van der Waals surface area (Å²) in [5, 5.41) is 10.6. The Bertz CT molecular complexity index is 522. The number of nitrogens with two attached hydrogens (primary N) is 1. The first kappa shape index (κ1) is 16.4. The number of nitro groups is 1. The van der Waals surface area contributed by atoms with Crippen LogP contribution in [0.4, 0.5) is 5.69 Å². The van der Waals surface area contributed by atoms with Gasteiger partial charge in [-0.2, -0.15) is 0 Å². The van der Waals surface area contributed by atoms with Crippen molar-refractivity contribution >= 4 is 11.6 Å². The summed E-state index contributed by atoms with van der Waals surface area (Å²) in [6.07, 6.45) is 3.67. The van der Waals surface area contributed by atoms with E-state index < -0.39 is 11.0 Å². The number of amides is 1. The summed E-state index contributed by atoms with van der Waals surface area (Å²) in [6.45, 7) is 3.75. The molecule has 2 rings (SSSR count). The van der Waals surface area contributed by atoms with Crippen LogP contribution in [0.15, 0.2) is 24.3 Å². The number of carbonyl (C=O) groups excluding carboxylic acids is 1. The maximum Gasteiger partial charge on any atom is 0.269 e. The molecule has 2 N–H and O–H groups in total. The van der Waals surface area contributed by atoms with Crippen LogP contribution in [0.1, 0.15) is 31.7 Å². The predicted octanol–water partition coefficient (Wildman–Crippen LogP) is 2.11. The van der Waals surface area contributed by atoms with Crippen molar-refractivity contribution in [3.63, 3.8) is 0 Å². The van der Waals surface area contributed by atoms with Crippen LogP contribution in [0.5, 0.6) is 0 Å². The van der Waals surface area contributed by atoms with E-state index >= 15 is 0 Å². The standard InChI is InChI=1S/C16H23N3O3/c1-2-12-7-9-18(10-8-12)16(20)15(17)11-13-3-5-14(6-4-13)19(21)22/h3-6,12,15H,2,7-11,17H2,1H3/t15-/m0/s1. The minimum absolute atomic E-state index is 0.0205. The largest absolute Gasteiger partial charge is 0.341 e. The summed E-state index contributed by atoms with van der Waals surface area (Å²) in [5.41, 5.74) is 6.91. The van der Waals surface area contributed by atoms with Crippen LogP contribution in [0.25, 0.3) is 0 Å². The number of rotatable bonds is 5. The molecule has 0 aromatic heterocycles. The fourth-order valence-corrected chi connectivity index (χ4v) is 2.89. The number of nitrogens with zero attached hydrogens (tertiary/aromatic N) is 2. The highest BCUT2D eigenvalue weighted by molar-refractivity contribution is 5.82. The zero-order valence-corrected chi connectivity index (χ0v) is 12.9. The Kier molecular flexibility index (Phi) is 5.49. The highest BCUT2D eigenvalue weighted by atomic mass is 16.6. The van der Waals surface area contributed by atoms with Crippen LogP contribution in [-0.4, -0.2) is 34.9 Å². The Labute approximate surface area is 130 Å². The Morgan fingerprint density at radius 3 is 2.45 bits per heavy atom. The Morgan fingerprint density at radius 2 is 1.95 bits per heavy atom. The van der Waals surface area contributed by atoms with Gasteiger partial charge in [-0.25, -0.2) is 0 Å². The molecule has 1 aromatic carbocycles. The number of likely N-dealkylation sites (tertiary alicyclic amines) is 1. The number of carbonyl (C=O) groups is 1. The Morgan fingerprint density at radius 1 is 1.36 bits per heavy atom. The first-order chi connectivity index (χ1) is 10.5. The first-order valence-corrected chi connectivity index (χ1v) is 7.79. The summed E-state index contributed by atoms with van der Waals surface area (Å²) in [6, 6.07) is 5.63. The molecule has 6 nitrogen and oxygen atoms in total. The van der Waals surface area contributed by atoms with Gasteiger partial charge in [0, 0.05) is 25.2 Å². The van der Waals surface area contributed by atoms with Crippen molar-refractivity contribution in [3.8, 4) is 0 Å². The lowest BCUT2D eigenvalue weighted by molar-refractivity contribution is -0.384. The lowest BCUT2D eigenvalue weighted by Crippen LogP contribution is -2.48. The molecule has 0 spiro atoms. The minimum Gasteiger partial charge on any atom is -0.341 e. The summed E-state index contributed by atoms with van der Waals surface area (Å²) in [7, 11) is 0. The van der Waals surface area contributed by atoms with Crippen molar-refractivity contribution in [2.45, 2.75) is 38.6 Å². The van der Waals surface area contributed by atoms with Crippen molar-refractivity contribution in [1.29, 1.82) is 0 Å². The molecular formula is C16H23N3O3. The van der Waals surface area contributed by atoms with Crippen LogP contribution in [-0.2, 0) is 11.2 Å². The van der Waals surface area contributed by atoms with E-state index in [-0.39, 0.29) is 11.6 Å². The van der Waals surface area contributed by atoms with Crippen LogP contribution in [0, 0.1) is 16.0 Å². The highest BCUT2D eigenvalue weighted by Crippen LogP contribution is 2.21. The summed E-state index contributed by atoms with van der Waals surface area (Å²) >= 11 is 0. The van der Waals surface area contributed by atoms with Gasteiger partial charge in [-0.1, -0.05) is 25.5 Å². The lowest BCUT2D eigenvalue weighted by atomic mass is 9.94. The van der Waals surface area contributed by atoms with E-state index in [0.717, 1.165) is 43.8 Å². The first-order valence-electron chi connectivity index (χ1n) is 7.79. The van der Waals surface area contributed by atoms with Crippen LogP contribution in [0.3, 0.4) is 0 Å². The number of piperidine rings is 1. The maximum atomic E-state index is 12.4. The van der Waals surface area contributed by atoms with Gasteiger partial charge >= 0.3 is 0 Å². The van der Waals surface area contributed by atoms with E-state index in [0.29, 0.717) is 6.42 Å². The highest BCUT2D eigenvalue weighted by Gasteiger charge is 2.25. The van der Waals surface area contributed by atoms with Crippen molar-refractivity contribution in [2.24, 2.45) is 11.7 Å². The molecule has 1 fully saturated rings.